The predicted molar refractivity (Wildman–Crippen MR) is 46.5 cm³/mol. The molecular weight excluding hydrogens is 154 g/mol. The number of hydrogen-bond donors (Lipinski definition) is 1. The van der Waals surface area contributed by atoms with Gasteiger partial charge in [-0.3, -0.25) is 0 Å². The molecule has 0 saturated heterocycles. The van der Waals surface area contributed by atoms with Gasteiger partial charge in [-0.25, -0.2) is 9.97 Å². The van der Waals surface area contributed by atoms with Crippen LogP contribution in [0, 0.1) is 0 Å². The van der Waals surface area contributed by atoms with Gasteiger partial charge in [-0.2, -0.15) is 0 Å². The Hall–Kier alpha value is -1.16. The Morgan fingerprint density at radius 3 is 2.25 bits per heavy atom. The van der Waals surface area contributed by atoms with E-state index in [4.69, 9.17) is 10.5 Å². The van der Waals surface area contributed by atoms with Gasteiger partial charge in [-0.05, 0) is 13.8 Å². The van der Waals surface area contributed by atoms with Gasteiger partial charge in [0.05, 0.1) is 18.1 Å². The average Bonchev–Trinajstić information content (AvgIpc) is 2.05. The summed E-state index contributed by atoms with van der Waals surface area (Å²) in [6.45, 7) is 3.80. The van der Waals surface area contributed by atoms with Gasteiger partial charge in [0.1, 0.15) is 5.60 Å². The van der Waals surface area contributed by atoms with Gasteiger partial charge in [-0.15, -0.1) is 0 Å². The summed E-state index contributed by atoms with van der Waals surface area (Å²) in [4.78, 5) is 8.12. The largest absolute Gasteiger partial charge is 0.396 e. The van der Waals surface area contributed by atoms with Gasteiger partial charge < -0.3 is 10.5 Å². The molecule has 0 fully saturated rings. The molecular formula is C8H13N3O. The summed E-state index contributed by atoms with van der Waals surface area (Å²) in [6.07, 6.45) is 3.15. The second-order valence-electron chi connectivity index (χ2n) is 3.05. The molecule has 0 aliphatic heterocycles. The van der Waals surface area contributed by atoms with Crippen molar-refractivity contribution in [2.45, 2.75) is 19.4 Å². The summed E-state index contributed by atoms with van der Waals surface area (Å²) in [7, 11) is 1.62. The Balaban J connectivity index is 2.96. The van der Waals surface area contributed by atoms with Crippen LogP contribution in [0.25, 0.3) is 0 Å². The molecule has 0 aromatic carbocycles. The normalized spacial score (nSPS) is 11.6. The Bertz CT molecular complexity index is 256. The molecule has 66 valence electrons. The number of nitrogen functional groups attached to an aromatic ring is 1. The molecule has 0 radical (unpaired) electrons. The molecule has 1 aromatic rings. The highest BCUT2D eigenvalue weighted by atomic mass is 16.5. The zero-order valence-electron chi connectivity index (χ0n) is 7.53. The molecule has 0 bridgehead atoms. The predicted octanol–water partition coefficient (Wildman–Crippen LogP) is 0.940. The van der Waals surface area contributed by atoms with Gasteiger partial charge in [0.15, 0.2) is 5.82 Å². The molecule has 4 heteroatoms. The number of nitrogens with zero attached hydrogens (tertiary/aromatic N) is 2. The van der Waals surface area contributed by atoms with Gasteiger partial charge >= 0.3 is 0 Å². The van der Waals surface area contributed by atoms with Gasteiger partial charge in [0.25, 0.3) is 0 Å². The average molecular weight is 167 g/mol. The molecule has 12 heavy (non-hydrogen) atoms. The summed E-state index contributed by atoms with van der Waals surface area (Å²) >= 11 is 0. The van der Waals surface area contributed by atoms with Crippen molar-refractivity contribution in [2.75, 3.05) is 12.8 Å². The minimum atomic E-state index is -0.451. The van der Waals surface area contributed by atoms with Crippen LogP contribution >= 0.6 is 0 Å². The first kappa shape index (κ1) is 8.93. The summed E-state index contributed by atoms with van der Waals surface area (Å²) in [5.41, 5.74) is 5.56. The molecule has 1 heterocycles. The van der Waals surface area contributed by atoms with Crippen LogP contribution in [0.4, 0.5) is 5.69 Å². The molecule has 1 aromatic heterocycles. The summed E-state index contributed by atoms with van der Waals surface area (Å²) in [5, 5.41) is 0. The zero-order chi connectivity index (χ0) is 9.19. The summed E-state index contributed by atoms with van der Waals surface area (Å²) in [6, 6.07) is 0. The minimum absolute atomic E-state index is 0.451. The fourth-order valence-electron chi connectivity index (χ4n) is 0.740. The third-order valence-corrected chi connectivity index (χ3v) is 1.72. The highest BCUT2D eigenvalue weighted by molar-refractivity contribution is 5.30. The molecule has 2 N–H and O–H groups in total. The SMILES string of the molecule is COC(C)(C)c1ncc(N)cn1. The number of methoxy groups -OCH3 is 1. The van der Waals surface area contributed by atoms with E-state index >= 15 is 0 Å². The van der Waals surface area contributed by atoms with E-state index < -0.39 is 5.60 Å². The molecule has 4 nitrogen and oxygen atoms in total. The number of nitrogens with two attached hydrogens (primary N) is 1. The van der Waals surface area contributed by atoms with E-state index in [-0.39, 0.29) is 0 Å². The van der Waals surface area contributed by atoms with Gasteiger partial charge in [0, 0.05) is 7.11 Å². The lowest BCUT2D eigenvalue weighted by Gasteiger charge is -2.20. The number of aromatic nitrogens is 2. The van der Waals surface area contributed by atoms with Crippen molar-refractivity contribution in [3.63, 3.8) is 0 Å². The Labute approximate surface area is 71.8 Å². The zero-order valence-corrected chi connectivity index (χ0v) is 7.53. The van der Waals surface area contributed by atoms with Crippen LogP contribution in [-0.4, -0.2) is 17.1 Å². The third-order valence-electron chi connectivity index (χ3n) is 1.72. The topological polar surface area (TPSA) is 61.0 Å². The number of anilines is 1. The van der Waals surface area contributed by atoms with Crippen molar-refractivity contribution in [3.8, 4) is 0 Å². The molecule has 0 spiro atoms. The van der Waals surface area contributed by atoms with Crippen LogP contribution in [-0.2, 0) is 10.3 Å². The molecule has 0 amide bonds. The van der Waals surface area contributed by atoms with Crippen LogP contribution in [0.2, 0.25) is 0 Å². The van der Waals surface area contributed by atoms with Crippen LogP contribution in [0.1, 0.15) is 19.7 Å². The van der Waals surface area contributed by atoms with Crippen molar-refractivity contribution < 1.29 is 4.74 Å². The monoisotopic (exact) mass is 167 g/mol. The van der Waals surface area contributed by atoms with Gasteiger partial charge in [0.2, 0.25) is 0 Å². The van der Waals surface area contributed by atoms with Crippen molar-refractivity contribution in [3.05, 3.63) is 18.2 Å². The van der Waals surface area contributed by atoms with Crippen LogP contribution in [0.3, 0.4) is 0 Å². The number of ether oxygens (including phenoxy) is 1. The molecule has 1 rings (SSSR count). The highest BCUT2D eigenvalue weighted by Gasteiger charge is 2.22. The quantitative estimate of drug-likeness (QED) is 0.712. The fourth-order valence-corrected chi connectivity index (χ4v) is 0.740. The lowest BCUT2D eigenvalue weighted by atomic mass is 10.1. The van der Waals surface area contributed by atoms with Crippen molar-refractivity contribution in [2.24, 2.45) is 0 Å². The first-order chi connectivity index (χ1) is 5.56. The molecule has 0 unspecified atom stereocenters. The first-order valence-electron chi connectivity index (χ1n) is 3.69. The summed E-state index contributed by atoms with van der Waals surface area (Å²) < 4.78 is 5.20. The smallest absolute Gasteiger partial charge is 0.159 e. The van der Waals surface area contributed by atoms with E-state index in [2.05, 4.69) is 9.97 Å². The van der Waals surface area contributed by atoms with E-state index in [1.807, 2.05) is 13.8 Å². The highest BCUT2D eigenvalue weighted by Crippen LogP contribution is 2.19. The second-order valence-corrected chi connectivity index (χ2v) is 3.05. The lowest BCUT2D eigenvalue weighted by Crippen LogP contribution is -2.22. The lowest BCUT2D eigenvalue weighted by molar-refractivity contribution is 0.0115. The van der Waals surface area contributed by atoms with E-state index in [0.29, 0.717) is 11.5 Å². The third kappa shape index (κ3) is 1.71. The van der Waals surface area contributed by atoms with Crippen molar-refractivity contribution >= 4 is 5.69 Å². The van der Waals surface area contributed by atoms with E-state index in [9.17, 15) is 0 Å². The van der Waals surface area contributed by atoms with Crippen LogP contribution in [0.5, 0.6) is 0 Å². The Morgan fingerprint density at radius 1 is 1.33 bits per heavy atom. The Kier molecular flexibility index (Phi) is 2.28. The Morgan fingerprint density at radius 2 is 1.83 bits per heavy atom. The number of hydrogen-bond acceptors (Lipinski definition) is 4. The second kappa shape index (κ2) is 3.06. The van der Waals surface area contributed by atoms with Crippen LogP contribution in [0.15, 0.2) is 12.4 Å². The van der Waals surface area contributed by atoms with E-state index in [0.717, 1.165) is 0 Å². The van der Waals surface area contributed by atoms with E-state index in [1.165, 1.54) is 0 Å². The minimum Gasteiger partial charge on any atom is -0.396 e. The van der Waals surface area contributed by atoms with Crippen molar-refractivity contribution in [1.29, 1.82) is 0 Å². The summed E-state index contributed by atoms with van der Waals surface area (Å²) in [5.74, 6) is 0.638. The standard InChI is InChI=1S/C8H13N3O/c1-8(2,12-3)7-10-4-6(9)5-11-7/h4-5H,9H2,1-3H3. The maximum absolute atomic E-state index is 5.45. The molecule has 0 saturated carbocycles. The van der Waals surface area contributed by atoms with Crippen LogP contribution < -0.4 is 5.73 Å². The van der Waals surface area contributed by atoms with E-state index in [1.54, 1.807) is 19.5 Å². The fraction of sp³-hybridized carbons (Fsp3) is 0.500. The molecule has 0 aliphatic rings. The van der Waals surface area contributed by atoms with Crippen molar-refractivity contribution in [1.82, 2.24) is 9.97 Å². The molecule has 0 aliphatic carbocycles. The molecule has 0 atom stereocenters. The number of rotatable bonds is 2. The maximum Gasteiger partial charge on any atom is 0.159 e. The maximum atomic E-state index is 5.45. The van der Waals surface area contributed by atoms with Gasteiger partial charge in [-0.1, -0.05) is 0 Å². The first-order valence-corrected chi connectivity index (χ1v) is 3.69.